The third-order valence-electron chi connectivity index (χ3n) is 13.3. The summed E-state index contributed by atoms with van der Waals surface area (Å²) in [5, 5.41) is 19.2. The molecule has 0 unspecified atom stereocenters. The second kappa shape index (κ2) is 19.0. The van der Waals surface area contributed by atoms with Gasteiger partial charge in [-0.15, -0.1) is 0 Å². The molecule has 2 saturated heterocycles. The van der Waals surface area contributed by atoms with Crippen molar-refractivity contribution in [3.63, 3.8) is 0 Å². The average Bonchev–Trinajstić information content (AvgIpc) is 3.92. The maximum Gasteiger partial charge on any atom is 0.355 e. The summed E-state index contributed by atoms with van der Waals surface area (Å²) in [6.07, 6.45) is 3.32. The van der Waals surface area contributed by atoms with Crippen molar-refractivity contribution < 1.29 is 18.7 Å². The van der Waals surface area contributed by atoms with Crippen molar-refractivity contribution in [2.24, 2.45) is 0 Å². The lowest BCUT2D eigenvalue weighted by Crippen LogP contribution is -2.55. The fourth-order valence-electron chi connectivity index (χ4n) is 10.0. The lowest BCUT2D eigenvalue weighted by atomic mass is 10.0. The third kappa shape index (κ3) is 8.88. The van der Waals surface area contributed by atoms with Gasteiger partial charge in [0.1, 0.15) is 28.9 Å². The number of aromatic nitrogens is 10. The number of amides is 1. The van der Waals surface area contributed by atoms with Crippen LogP contribution in [0.4, 0.5) is 26.5 Å². The van der Waals surface area contributed by atoms with E-state index in [0.717, 1.165) is 22.7 Å². The molecule has 0 aliphatic carbocycles. The smallest absolute Gasteiger partial charge is 0.355 e. The number of H-pyrrole nitrogens is 1. The summed E-state index contributed by atoms with van der Waals surface area (Å²) in [6, 6.07) is 12.5. The summed E-state index contributed by atoms with van der Waals surface area (Å²) in [6.45, 7) is 20.4. The molecule has 0 radical (unpaired) electrons. The quantitative estimate of drug-likeness (QED) is 0.111. The van der Waals surface area contributed by atoms with Crippen LogP contribution in [0.1, 0.15) is 63.2 Å². The number of benzene rings is 2. The highest BCUT2D eigenvalue weighted by Gasteiger charge is 2.34. The van der Waals surface area contributed by atoms with Crippen molar-refractivity contribution in [1.29, 1.82) is 0 Å². The number of carbonyl (C=O) groups excluding carboxylic acids is 1. The van der Waals surface area contributed by atoms with E-state index in [0.29, 0.717) is 57.9 Å². The summed E-state index contributed by atoms with van der Waals surface area (Å²) in [5.74, 6) is -1.04. The van der Waals surface area contributed by atoms with Crippen LogP contribution in [0.25, 0.3) is 44.7 Å². The molecule has 6 aromatic heterocycles. The van der Waals surface area contributed by atoms with E-state index in [1.807, 2.05) is 62.6 Å². The average molecular weight is 1040 g/mol. The minimum atomic E-state index is -0.934. The Morgan fingerprint density at radius 1 is 0.958 bits per heavy atom. The minimum absolute atomic E-state index is 0.00649. The Morgan fingerprint density at radius 3 is 2.47 bits per heavy atom. The van der Waals surface area contributed by atoms with Crippen LogP contribution in [0.2, 0.25) is 0 Å². The Labute approximate surface area is 421 Å². The molecule has 18 nitrogen and oxygen atoms in total. The van der Waals surface area contributed by atoms with Gasteiger partial charge in [-0.1, -0.05) is 32.6 Å². The van der Waals surface area contributed by atoms with Gasteiger partial charge in [-0.25, -0.2) is 28.1 Å². The van der Waals surface area contributed by atoms with Crippen molar-refractivity contribution in [2.45, 2.75) is 79.1 Å². The zero-order valence-electron chi connectivity index (χ0n) is 41.0. The molecule has 2 aliphatic heterocycles. The minimum Gasteiger partial charge on any atom is -0.507 e. The summed E-state index contributed by atoms with van der Waals surface area (Å²) in [4.78, 5) is 69.1. The number of aromatic amines is 1. The van der Waals surface area contributed by atoms with Crippen LogP contribution < -0.4 is 25.7 Å². The van der Waals surface area contributed by atoms with Gasteiger partial charge >= 0.3 is 5.69 Å². The molecule has 10 rings (SSSR count). The largest absolute Gasteiger partial charge is 0.507 e. The molecule has 372 valence electrons. The van der Waals surface area contributed by atoms with E-state index >= 15 is 8.78 Å². The van der Waals surface area contributed by atoms with E-state index < -0.39 is 40.4 Å². The fraction of sp³-hybridized carbons (Fsp3) is 0.353. The van der Waals surface area contributed by atoms with Gasteiger partial charge in [-0.2, -0.15) is 24.6 Å². The van der Waals surface area contributed by atoms with Crippen molar-refractivity contribution in [3.8, 4) is 22.7 Å². The van der Waals surface area contributed by atoms with E-state index in [-0.39, 0.29) is 79.1 Å². The predicted molar refractivity (Wildman–Crippen MR) is 276 cm³/mol. The first-order chi connectivity index (χ1) is 34.4. The number of fused-ring (bicyclic) bond motifs is 3. The van der Waals surface area contributed by atoms with Gasteiger partial charge in [0.15, 0.2) is 17.1 Å². The molecule has 0 spiro atoms. The number of aryl methyl sites for hydroxylation is 2. The number of anilines is 3. The van der Waals surface area contributed by atoms with Gasteiger partial charge in [0.2, 0.25) is 11.9 Å². The molecule has 3 N–H and O–H groups in total. The number of halogens is 3. The molecule has 3 atom stereocenters. The number of nitrogens with zero attached hydrogens (tertiary/aromatic N) is 13. The van der Waals surface area contributed by atoms with Gasteiger partial charge in [-0.3, -0.25) is 9.78 Å². The molecule has 72 heavy (non-hydrogen) atoms. The first-order valence-electron chi connectivity index (χ1n) is 23.9. The highest BCUT2D eigenvalue weighted by Crippen LogP contribution is 2.37. The normalized spacial score (nSPS) is 17.5. The highest BCUT2D eigenvalue weighted by atomic mass is 79.9. The molecule has 8 heterocycles. The molecule has 0 bridgehead atoms. The van der Waals surface area contributed by atoms with Gasteiger partial charge in [0.05, 0.1) is 57.1 Å². The van der Waals surface area contributed by atoms with E-state index in [1.165, 1.54) is 22.8 Å². The first kappa shape index (κ1) is 48.2. The number of carbonyl (C=O) groups is 1. The van der Waals surface area contributed by atoms with Crippen molar-refractivity contribution >= 4 is 67.3 Å². The van der Waals surface area contributed by atoms with Gasteiger partial charge in [-0.05, 0) is 104 Å². The van der Waals surface area contributed by atoms with Gasteiger partial charge in [0.25, 0.3) is 5.91 Å². The number of phenolic OH excluding ortho intramolecular Hbond substituents is 1. The second-order valence-electron chi connectivity index (χ2n) is 19.3. The standard InChI is InChI=1S/C51H54BrF2N15O3/c1-26(2)42-44(28(4)14-15-55-42)68-46-33(19-36(54)43(60-46)41-35(53)10-9-11-39(41)70)45(62-51(68)72)67-17-16-64(24-32(67)8)48(71)29(5)21-66(25-40-58-37-13-12-27(3)18-38(37)59-40)50-63-49(61-47-34(52)20-56-69(47)50)65-22-30(6)57-31(7)23-65/h9-15,18-20,26,30-32,57,70H,5,16-17,21-25H2,1-4,6-8H3,(H,58,59)/t30-,31+,32-/m0/s1. The SMILES string of the molecule is C=C(CN(Cc1nc2ccc(C)cc2[nH]1)c1nc(N2C[C@@H](C)N[C@@H](C)C2)nc2c(Br)cnn12)C(=O)N1CCN(c2nc(=O)n(-c3c(C)ccnc3C(C)C)c3nc(-c4c(O)cccc4F)c(F)cc23)[C@@H](C)C1. The maximum absolute atomic E-state index is 16.5. The highest BCUT2D eigenvalue weighted by molar-refractivity contribution is 9.10. The molecule has 0 saturated carbocycles. The maximum atomic E-state index is 16.5. The number of phenols is 1. The zero-order chi connectivity index (χ0) is 50.9. The molecule has 21 heteroatoms. The lowest BCUT2D eigenvalue weighted by molar-refractivity contribution is -0.127. The first-order valence-corrected chi connectivity index (χ1v) is 24.7. The number of piperazine rings is 2. The topological polar surface area (TPSA) is 195 Å². The number of rotatable bonds is 11. The number of pyridine rings is 2. The van der Waals surface area contributed by atoms with Crippen LogP contribution in [-0.2, 0) is 11.3 Å². The van der Waals surface area contributed by atoms with Crippen LogP contribution in [-0.4, -0.2) is 122 Å². The molecule has 2 aromatic carbocycles. The second-order valence-corrected chi connectivity index (χ2v) is 20.1. The zero-order valence-corrected chi connectivity index (χ0v) is 42.5. The Bertz CT molecular complexity index is 3490. The van der Waals surface area contributed by atoms with E-state index in [9.17, 15) is 14.7 Å². The van der Waals surface area contributed by atoms with Gasteiger partial charge < -0.3 is 35.0 Å². The van der Waals surface area contributed by atoms with E-state index in [2.05, 4.69) is 71.6 Å². The van der Waals surface area contributed by atoms with Crippen LogP contribution in [0.15, 0.2) is 82.3 Å². The summed E-state index contributed by atoms with van der Waals surface area (Å²) in [5.41, 5.74) is 3.63. The van der Waals surface area contributed by atoms with Crippen LogP contribution in [0.5, 0.6) is 5.75 Å². The number of imidazole rings is 1. The Balaban J connectivity index is 0.987. The number of nitrogens with one attached hydrogen (secondary N) is 2. The van der Waals surface area contributed by atoms with Crippen molar-refractivity contribution in [1.82, 2.24) is 59.3 Å². The molecule has 1 amide bonds. The van der Waals surface area contributed by atoms with Crippen molar-refractivity contribution in [3.05, 3.63) is 122 Å². The molecular formula is C51H54BrF2N15O3. The Kier molecular flexibility index (Phi) is 12.7. The Morgan fingerprint density at radius 2 is 1.74 bits per heavy atom. The number of hydrogen-bond donors (Lipinski definition) is 3. The lowest BCUT2D eigenvalue weighted by Gasteiger charge is -2.41. The predicted octanol–water partition coefficient (Wildman–Crippen LogP) is 7.13. The molecule has 2 aliphatic rings. The monoisotopic (exact) mass is 1040 g/mol. The van der Waals surface area contributed by atoms with E-state index in [4.69, 9.17) is 15.0 Å². The van der Waals surface area contributed by atoms with Gasteiger partial charge in [0, 0.05) is 62.6 Å². The summed E-state index contributed by atoms with van der Waals surface area (Å²) in [7, 11) is 0. The number of aromatic hydroxyl groups is 1. The molecular weight excluding hydrogens is 989 g/mol. The Hall–Kier alpha value is -7.39. The van der Waals surface area contributed by atoms with Crippen LogP contribution in [0, 0.1) is 25.5 Å². The summed E-state index contributed by atoms with van der Waals surface area (Å²) < 4.78 is 35.5. The number of hydrogen-bond acceptors (Lipinski definition) is 14. The summed E-state index contributed by atoms with van der Waals surface area (Å²) >= 11 is 3.65. The van der Waals surface area contributed by atoms with Crippen LogP contribution >= 0.6 is 15.9 Å². The van der Waals surface area contributed by atoms with Crippen LogP contribution in [0.3, 0.4) is 0 Å². The fourth-order valence-corrected chi connectivity index (χ4v) is 10.4. The van der Waals surface area contributed by atoms with Crippen molar-refractivity contribution in [2.75, 3.05) is 54.0 Å². The van der Waals surface area contributed by atoms with E-state index in [1.54, 1.807) is 27.9 Å². The third-order valence-corrected chi connectivity index (χ3v) is 13.8. The molecule has 2 fully saturated rings. The molecule has 8 aromatic rings.